The third kappa shape index (κ3) is 11.5. The number of thiazole rings is 1. The number of rotatable bonds is 19. The van der Waals surface area contributed by atoms with Crippen LogP contribution in [0, 0.1) is 23.5 Å². The fraction of sp³-hybridized carbons (Fsp3) is 0.421. The smallest absolute Gasteiger partial charge is 0.246 e. The predicted octanol–water partition coefficient (Wildman–Crippen LogP) is 9.81. The molecule has 400 valence electrons. The van der Waals surface area contributed by atoms with E-state index in [2.05, 4.69) is 27.6 Å². The first kappa shape index (κ1) is 54.0. The van der Waals surface area contributed by atoms with E-state index in [9.17, 15) is 24.3 Å². The number of halogens is 3. The number of carbonyl (C=O) groups is 4. The molecule has 0 bridgehead atoms. The van der Waals surface area contributed by atoms with E-state index in [0.29, 0.717) is 44.3 Å². The molecule has 3 fully saturated rings. The van der Waals surface area contributed by atoms with Gasteiger partial charge in [0.2, 0.25) is 23.7 Å². The number of piperazine rings is 1. The van der Waals surface area contributed by atoms with Crippen molar-refractivity contribution in [2.45, 2.75) is 76.8 Å². The van der Waals surface area contributed by atoms with E-state index in [1.165, 1.54) is 30.7 Å². The van der Waals surface area contributed by atoms with Gasteiger partial charge in [0.1, 0.15) is 46.0 Å². The first-order chi connectivity index (χ1) is 36.8. The van der Waals surface area contributed by atoms with Crippen molar-refractivity contribution in [3.63, 3.8) is 0 Å². The molecule has 1 aliphatic carbocycles. The molecule has 6 aromatic rings. The summed E-state index contributed by atoms with van der Waals surface area (Å²) in [7, 11) is 3.47. The quantitative estimate of drug-likeness (QED) is 0.0657. The van der Waals surface area contributed by atoms with Crippen molar-refractivity contribution in [2.75, 3.05) is 76.7 Å². The number of aromatic nitrogens is 3. The summed E-state index contributed by atoms with van der Waals surface area (Å²) in [6.45, 7) is 8.08. The van der Waals surface area contributed by atoms with Crippen LogP contribution in [0.25, 0.3) is 44.1 Å². The lowest BCUT2D eigenvalue weighted by atomic mass is 9.76. The van der Waals surface area contributed by atoms with Crippen molar-refractivity contribution in [3.8, 4) is 33.9 Å². The average Bonchev–Trinajstić information content (AvgIpc) is 4.14. The fourth-order valence-corrected chi connectivity index (χ4v) is 12.1. The minimum Gasteiger partial charge on any atom is -0.507 e. The lowest BCUT2D eigenvalue weighted by molar-refractivity contribution is -0.141. The van der Waals surface area contributed by atoms with Crippen LogP contribution in [0.2, 0.25) is 5.02 Å². The van der Waals surface area contributed by atoms with E-state index in [1.54, 1.807) is 35.2 Å². The SMILES string of the molecule is C=CC(=O)N1CCN(c2nc(NCCC(=O)N(C)CCOc3ccc(-c4csc([C@@H]5CCCN5C(=O)[C@@H](CC(=O)[C@H](C)NC)C5CCCCC5)n4)c4ccccc34)nc3c(F)c(-c4c(O)cccc4F)c(Cl)cc23)CC1. The topological polar surface area (TPSA) is 173 Å². The number of likely N-dealkylation sites (tertiary alicyclic amines) is 1. The zero-order valence-electron chi connectivity index (χ0n) is 43.1. The molecule has 3 atom stereocenters. The predicted molar refractivity (Wildman–Crippen MR) is 294 cm³/mol. The van der Waals surface area contributed by atoms with Crippen LogP contribution < -0.4 is 20.3 Å². The number of ether oxygens (including phenoxy) is 1. The van der Waals surface area contributed by atoms with E-state index >= 15 is 8.78 Å². The van der Waals surface area contributed by atoms with Crippen molar-refractivity contribution in [1.29, 1.82) is 0 Å². The number of phenolic OH excluding ortho intramolecular Hbond substituents is 1. The number of anilines is 2. The summed E-state index contributed by atoms with van der Waals surface area (Å²) in [5.41, 5.74) is 0.816. The molecule has 2 saturated heterocycles. The maximum absolute atomic E-state index is 16.6. The van der Waals surface area contributed by atoms with Gasteiger partial charge in [0.05, 0.1) is 34.9 Å². The number of ketones is 1. The van der Waals surface area contributed by atoms with E-state index in [1.807, 2.05) is 53.1 Å². The molecular formula is C57H64ClF2N9O6S. The number of fused-ring (bicyclic) bond motifs is 2. The number of nitrogens with one attached hydrogen (secondary N) is 2. The Morgan fingerprint density at radius 1 is 0.934 bits per heavy atom. The molecule has 0 radical (unpaired) electrons. The molecule has 3 N–H and O–H groups in total. The van der Waals surface area contributed by atoms with Crippen molar-refractivity contribution >= 4 is 79.9 Å². The number of amides is 3. The zero-order valence-corrected chi connectivity index (χ0v) is 44.7. The number of Topliss-reactive ketones (excluding diaryl/α,β-unsaturated/α-hetero) is 1. The van der Waals surface area contributed by atoms with E-state index in [0.717, 1.165) is 71.6 Å². The number of hydrogen-bond donors (Lipinski definition) is 3. The van der Waals surface area contributed by atoms with Crippen LogP contribution in [-0.4, -0.2) is 131 Å². The minimum atomic E-state index is -0.962. The lowest BCUT2D eigenvalue weighted by Gasteiger charge is -2.35. The van der Waals surface area contributed by atoms with Crippen LogP contribution in [0.4, 0.5) is 20.5 Å². The van der Waals surface area contributed by atoms with Gasteiger partial charge >= 0.3 is 0 Å². The van der Waals surface area contributed by atoms with Crippen molar-refractivity contribution < 1.29 is 37.8 Å². The molecule has 9 rings (SSSR count). The molecule has 3 aliphatic rings. The average molecular weight is 1080 g/mol. The Balaban J connectivity index is 0.849. The number of aromatic hydroxyl groups is 1. The molecule has 0 spiro atoms. The van der Waals surface area contributed by atoms with Crippen LogP contribution in [0.15, 0.2) is 78.7 Å². The third-order valence-electron chi connectivity index (χ3n) is 15.3. The van der Waals surface area contributed by atoms with Crippen molar-refractivity contribution in [2.24, 2.45) is 11.8 Å². The van der Waals surface area contributed by atoms with Gasteiger partial charge in [-0.05, 0) is 87.4 Å². The fourth-order valence-electron chi connectivity index (χ4n) is 10.9. The van der Waals surface area contributed by atoms with Gasteiger partial charge in [0.15, 0.2) is 5.82 Å². The second kappa shape index (κ2) is 24.1. The number of nitrogens with zero attached hydrogens (tertiary/aromatic N) is 7. The summed E-state index contributed by atoms with van der Waals surface area (Å²) in [5, 5.41) is 21.6. The highest BCUT2D eigenvalue weighted by Crippen LogP contribution is 2.44. The highest BCUT2D eigenvalue weighted by molar-refractivity contribution is 7.10. The first-order valence-corrected chi connectivity index (χ1v) is 27.4. The van der Waals surface area contributed by atoms with Gasteiger partial charge in [-0.15, -0.1) is 11.3 Å². The van der Waals surface area contributed by atoms with Crippen LogP contribution in [0.1, 0.15) is 75.8 Å². The van der Waals surface area contributed by atoms with E-state index in [-0.39, 0.29) is 107 Å². The Bertz CT molecular complexity index is 3130. The minimum absolute atomic E-state index is 0.0124. The molecule has 2 aromatic heterocycles. The normalized spacial score (nSPS) is 17.0. The molecule has 3 amide bonds. The van der Waals surface area contributed by atoms with Gasteiger partial charge in [-0.2, -0.15) is 4.98 Å². The molecule has 0 unspecified atom stereocenters. The molecule has 19 heteroatoms. The number of carbonyl (C=O) groups excluding carboxylic acids is 4. The van der Waals surface area contributed by atoms with Crippen molar-refractivity contribution in [3.05, 3.63) is 100 Å². The molecule has 2 aliphatic heterocycles. The summed E-state index contributed by atoms with van der Waals surface area (Å²) < 4.78 is 38.1. The summed E-state index contributed by atoms with van der Waals surface area (Å²) in [4.78, 5) is 75.0. The van der Waals surface area contributed by atoms with E-state index in [4.69, 9.17) is 26.3 Å². The highest BCUT2D eigenvalue weighted by atomic mass is 35.5. The third-order valence-corrected chi connectivity index (χ3v) is 16.5. The Labute approximate surface area is 450 Å². The van der Waals surface area contributed by atoms with Crippen LogP contribution in [-0.2, 0) is 19.2 Å². The maximum atomic E-state index is 16.6. The largest absolute Gasteiger partial charge is 0.507 e. The van der Waals surface area contributed by atoms with Gasteiger partial charge in [0, 0.05) is 92.4 Å². The lowest BCUT2D eigenvalue weighted by Crippen LogP contribution is -2.48. The van der Waals surface area contributed by atoms with Crippen LogP contribution >= 0.6 is 22.9 Å². The van der Waals surface area contributed by atoms with Crippen molar-refractivity contribution in [1.82, 2.24) is 35.0 Å². The molecule has 4 heterocycles. The number of benzene rings is 4. The standard InChI is InChI=1S/C57H64ClF2N9O6S/c1-5-48(72)67-25-27-68(28-26-67)54-40-31-41(58)50(51-42(59)17-11-19-45(51)70)52(60)53(40)64-57(65-54)62-23-22-49(73)66(4)29-30-75-47-21-20-37(36-15-9-10-16-38(36)47)43-33-76-55(63-43)44-18-12-24-69(44)56(74)39(32-46(71)34(2)61-3)35-13-7-6-8-14-35/h5,9-11,15-17,19-21,31,33-35,39,44,61,70H,1,6-8,12-14,18,22-30,32H2,2-4H3,(H,62,64,65)/t34-,39-,44-/m0/s1. The Morgan fingerprint density at radius 3 is 2.43 bits per heavy atom. The molecule has 1 saturated carbocycles. The van der Waals surface area contributed by atoms with Gasteiger partial charge in [0.25, 0.3) is 0 Å². The van der Waals surface area contributed by atoms with Crippen LogP contribution in [0.3, 0.4) is 0 Å². The Hall–Kier alpha value is -6.76. The summed E-state index contributed by atoms with van der Waals surface area (Å²) >= 11 is 8.19. The highest BCUT2D eigenvalue weighted by Gasteiger charge is 2.40. The summed E-state index contributed by atoms with van der Waals surface area (Å²) in [6.07, 6.45) is 8.56. The maximum Gasteiger partial charge on any atom is 0.246 e. The number of likely N-dealkylation sites (N-methyl/N-ethyl adjacent to an activating group) is 2. The molecule has 15 nitrogen and oxygen atoms in total. The molecular weight excluding hydrogens is 1010 g/mol. The second-order valence-electron chi connectivity index (χ2n) is 19.9. The summed E-state index contributed by atoms with van der Waals surface area (Å²) in [6, 6.07) is 16.5. The van der Waals surface area contributed by atoms with Crippen LogP contribution in [0.5, 0.6) is 11.5 Å². The summed E-state index contributed by atoms with van der Waals surface area (Å²) in [5.74, 6) is -1.69. The van der Waals surface area contributed by atoms with E-state index < -0.39 is 22.9 Å². The molecule has 76 heavy (non-hydrogen) atoms. The number of phenols is 1. The van der Waals surface area contributed by atoms with Gasteiger partial charge in [-0.3, -0.25) is 19.2 Å². The van der Waals surface area contributed by atoms with Gasteiger partial charge in [-0.25, -0.2) is 18.7 Å². The Morgan fingerprint density at radius 2 is 1.70 bits per heavy atom. The Kier molecular flexibility index (Phi) is 17.1. The molecule has 4 aromatic carbocycles. The number of hydrogen-bond acceptors (Lipinski definition) is 13. The zero-order chi connectivity index (χ0) is 53.6. The monoisotopic (exact) mass is 1080 g/mol. The van der Waals surface area contributed by atoms with Gasteiger partial charge in [-0.1, -0.05) is 67.8 Å². The first-order valence-electron chi connectivity index (χ1n) is 26.2. The van der Waals surface area contributed by atoms with Gasteiger partial charge < -0.3 is 40.1 Å². The second-order valence-corrected chi connectivity index (χ2v) is 21.2.